The van der Waals surface area contributed by atoms with E-state index in [1.165, 1.54) is 0 Å². The molecule has 0 aromatic heterocycles. The van der Waals surface area contributed by atoms with Crippen LogP contribution in [0.15, 0.2) is 0 Å². The maximum absolute atomic E-state index is 11.6. The van der Waals surface area contributed by atoms with Crippen molar-refractivity contribution in [3.8, 4) is 0 Å². The summed E-state index contributed by atoms with van der Waals surface area (Å²) in [4.78, 5) is 23.0. The summed E-state index contributed by atoms with van der Waals surface area (Å²) in [5.74, 6) is -1.15. The smallest absolute Gasteiger partial charge is 0.344 e. The van der Waals surface area contributed by atoms with Crippen molar-refractivity contribution in [2.75, 3.05) is 19.8 Å². The normalized spacial score (nSPS) is 20.5. The van der Waals surface area contributed by atoms with Crippen molar-refractivity contribution < 1.29 is 28.5 Å². The van der Waals surface area contributed by atoms with E-state index >= 15 is 0 Å². The summed E-state index contributed by atoms with van der Waals surface area (Å²) < 4.78 is 20.6. The number of ether oxygens (including phenoxy) is 4. The SMILES string of the molecule is CC(OCC1CCCO1)C(=O)OCC(=O)OC(C)(C)C. The molecule has 1 saturated heterocycles. The minimum atomic E-state index is -0.721. The Morgan fingerprint density at radius 3 is 2.60 bits per heavy atom. The molecule has 0 N–H and O–H groups in total. The lowest BCUT2D eigenvalue weighted by Gasteiger charge is -2.20. The van der Waals surface area contributed by atoms with Gasteiger partial charge in [0, 0.05) is 6.61 Å². The predicted molar refractivity (Wildman–Crippen MR) is 71.2 cm³/mol. The first kappa shape index (κ1) is 16.9. The van der Waals surface area contributed by atoms with E-state index in [4.69, 9.17) is 18.9 Å². The molecule has 6 nitrogen and oxygen atoms in total. The van der Waals surface area contributed by atoms with Gasteiger partial charge in [-0.05, 0) is 40.5 Å². The largest absolute Gasteiger partial charge is 0.457 e. The van der Waals surface area contributed by atoms with E-state index in [9.17, 15) is 9.59 Å². The molecule has 0 aromatic rings. The van der Waals surface area contributed by atoms with Crippen LogP contribution in [0, 0.1) is 0 Å². The van der Waals surface area contributed by atoms with E-state index in [0.29, 0.717) is 6.61 Å². The highest BCUT2D eigenvalue weighted by molar-refractivity contribution is 5.78. The highest BCUT2D eigenvalue weighted by atomic mass is 16.6. The fourth-order valence-corrected chi connectivity index (χ4v) is 1.71. The third-order valence-electron chi connectivity index (χ3n) is 2.64. The molecule has 2 unspecified atom stereocenters. The van der Waals surface area contributed by atoms with Crippen LogP contribution in [0.1, 0.15) is 40.5 Å². The minimum Gasteiger partial charge on any atom is -0.457 e. The monoisotopic (exact) mass is 288 g/mol. The maximum Gasteiger partial charge on any atom is 0.344 e. The molecule has 1 aliphatic rings. The molecule has 0 aliphatic carbocycles. The van der Waals surface area contributed by atoms with Crippen molar-refractivity contribution in [2.24, 2.45) is 0 Å². The fraction of sp³-hybridized carbons (Fsp3) is 0.857. The molecule has 0 aromatic carbocycles. The molecule has 2 atom stereocenters. The zero-order chi connectivity index (χ0) is 15.2. The van der Waals surface area contributed by atoms with Crippen molar-refractivity contribution >= 4 is 11.9 Å². The number of carbonyl (C=O) groups is 2. The van der Waals surface area contributed by atoms with Crippen molar-refractivity contribution in [1.29, 1.82) is 0 Å². The molecule has 0 radical (unpaired) electrons. The van der Waals surface area contributed by atoms with Gasteiger partial charge in [-0.1, -0.05) is 0 Å². The van der Waals surface area contributed by atoms with Gasteiger partial charge >= 0.3 is 11.9 Å². The number of carbonyl (C=O) groups excluding carboxylic acids is 2. The zero-order valence-electron chi connectivity index (χ0n) is 12.6. The topological polar surface area (TPSA) is 71.1 Å². The Morgan fingerprint density at radius 2 is 2.05 bits per heavy atom. The second-order valence-electron chi connectivity index (χ2n) is 5.80. The number of hydrogen-bond donors (Lipinski definition) is 0. The summed E-state index contributed by atoms with van der Waals surface area (Å²) in [7, 11) is 0. The number of hydrogen-bond acceptors (Lipinski definition) is 6. The van der Waals surface area contributed by atoms with Crippen LogP contribution < -0.4 is 0 Å². The van der Waals surface area contributed by atoms with Crippen molar-refractivity contribution in [1.82, 2.24) is 0 Å². The molecule has 1 aliphatic heterocycles. The van der Waals surface area contributed by atoms with E-state index < -0.39 is 30.3 Å². The van der Waals surface area contributed by atoms with Crippen LogP contribution in [-0.4, -0.2) is 49.6 Å². The molecule has 116 valence electrons. The predicted octanol–water partition coefficient (Wildman–Crippen LogP) is 1.46. The standard InChI is InChI=1S/C14H24O6/c1-10(18-8-11-6-5-7-17-11)13(16)19-9-12(15)20-14(2,3)4/h10-11H,5-9H2,1-4H3. The van der Waals surface area contributed by atoms with E-state index in [2.05, 4.69) is 0 Å². The molecular weight excluding hydrogens is 264 g/mol. The Bertz CT molecular complexity index is 327. The molecule has 20 heavy (non-hydrogen) atoms. The van der Waals surface area contributed by atoms with Crippen LogP contribution in [0.2, 0.25) is 0 Å². The highest BCUT2D eigenvalue weighted by Gasteiger charge is 2.22. The van der Waals surface area contributed by atoms with Gasteiger partial charge in [-0.25, -0.2) is 9.59 Å². The second-order valence-corrected chi connectivity index (χ2v) is 5.80. The van der Waals surface area contributed by atoms with Gasteiger partial charge in [-0.3, -0.25) is 0 Å². The summed E-state index contributed by atoms with van der Waals surface area (Å²) in [5, 5.41) is 0. The third kappa shape index (κ3) is 6.86. The molecule has 0 bridgehead atoms. The Morgan fingerprint density at radius 1 is 1.35 bits per heavy atom. The number of rotatable bonds is 6. The summed E-state index contributed by atoms with van der Waals surface area (Å²) in [5.41, 5.74) is -0.592. The Balaban J connectivity index is 2.18. The van der Waals surface area contributed by atoms with E-state index in [-0.39, 0.29) is 6.10 Å². The van der Waals surface area contributed by atoms with Gasteiger partial charge in [0.15, 0.2) is 12.7 Å². The number of esters is 2. The highest BCUT2D eigenvalue weighted by Crippen LogP contribution is 2.13. The van der Waals surface area contributed by atoms with Gasteiger partial charge in [0.25, 0.3) is 0 Å². The summed E-state index contributed by atoms with van der Waals surface area (Å²) in [6.07, 6.45) is 1.29. The van der Waals surface area contributed by atoms with Gasteiger partial charge < -0.3 is 18.9 Å². The zero-order valence-corrected chi connectivity index (χ0v) is 12.6. The van der Waals surface area contributed by atoms with Crippen LogP contribution >= 0.6 is 0 Å². The van der Waals surface area contributed by atoms with Crippen LogP contribution in [-0.2, 0) is 28.5 Å². The molecule has 1 fully saturated rings. The molecule has 0 spiro atoms. The fourth-order valence-electron chi connectivity index (χ4n) is 1.71. The summed E-state index contributed by atoms with van der Waals surface area (Å²) in [6.45, 7) is 7.55. The molecule has 1 heterocycles. The summed E-state index contributed by atoms with van der Waals surface area (Å²) in [6, 6.07) is 0. The lowest BCUT2D eigenvalue weighted by molar-refractivity contribution is -0.172. The van der Waals surface area contributed by atoms with E-state index in [0.717, 1.165) is 19.4 Å². The third-order valence-corrected chi connectivity index (χ3v) is 2.64. The van der Waals surface area contributed by atoms with E-state index in [1.54, 1.807) is 27.7 Å². The van der Waals surface area contributed by atoms with Gasteiger partial charge in [-0.2, -0.15) is 0 Å². The van der Waals surface area contributed by atoms with Crippen LogP contribution in [0.5, 0.6) is 0 Å². The van der Waals surface area contributed by atoms with Gasteiger partial charge in [0.1, 0.15) is 5.60 Å². The van der Waals surface area contributed by atoms with Crippen LogP contribution in [0.4, 0.5) is 0 Å². The Kier molecular flexibility index (Phi) is 6.42. The lowest BCUT2D eigenvalue weighted by Crippen LogP contribution is -2.31. The molecule has 6 heteroatoms. The lowest BCUT2D eigenvalue weighted by atomic mass is 10.2. The average molecular weight is 288 g/mol. The maximum atomic E-state index is 11.6. The average Bonchev–Trinajstić information content (AvgIpc) is 2.83. The summed E-state index contributed by atoms with van der Waals surface area (Å²) >= 11 is 0. The first-order valence-electron chi connectivity index (χ1n) is 6.89. The molecule has 1 rings (SSSR count). The Hall–Kier alpha value is -1.14. The van der Waals surface area contributed by atoms with Crippen molar-refractivity contribution in [2.45, 2.75) is 58.3 Å². The first-order chi connectivity index (χ1) is 9.28. The minimum absolute atomic E-state index is 0.0519. The Labute approximate surface area is 119 Å². The second kappa shape index (κ2) is 7.59. The van der Waals surface area contributed by atoms with Crippen LogP contribution in [0.25, 0.3) is 0 Å². The molecule has 0 saturated carbocycles. The van der Waals surface area contributed by atoms with Crippen molar-refractivity contribution in [3.63, 3.8) is 0 Å². The van der Waals surface area contributed by atoms with Gasteiger partial charge in [-0.15, -0.1) is 0 Å². The van der Waals surface area contributed by atoms with Gasteiger partial charge in [0.05, 0.1) is 12.7 Å². The first-order valence-corrected chi connectivity index (χ1v) is 6.89. The van der Waals surface area contributed by atoms with Crippen molar-refractivity contribution in [3.05, 3.63) is 0 Å². The van der Waals surface area contributed by atoms with Crippen LogP contribution in [0.3, 0.4) is 0 Å². The molecule has 0 amide bonds. The quantitative estimate of drug-likeness (QED) is 0.689. The van der Waals surface area contributed by atoms with E-state index in [1.807, 2.05) is 0 Å². The van der Waals surface area contributed by atoms with Gasteiger partial charge in [0.2, 0.25) is 0 Å². The molecular formula is C14H24O6.